The van der Waals surface area contributed by atoms with Crippen LogP contribution in [0.4, 0.5) is 5.82 Å². The molecule has 3 rings (SSSR count). The molecule has 33 heavy (non-hydrogen) atoms. The molecule has 0 saturated carbocycles. The Morgan fingerprint density at radius 2 is 1.91 bits per heavy atom. The minimum absolute atomic E-state index is 0.0801. The lowest BCUT2D eigenvalue weighted by molar-refractivity contribution is -0.111. The Kier molecular flexibility index (Phi) is 7.91. The number of hydrogen-bond acceptors (Lipinski definition) is 7. The maximum atomic E-state index is 12.5. The molecule has 170 valence electrons. The van der Waals surface area contributed by atoms with Crippen LogP contribution in [0.1, 0.15) is 11.1 Å². The first-order valence-electron chi connectivity index (χ1n) is 9.98. The Labute approximate surface area is 191 Å². The predicted octanol–water partition coefficient (Wildman–Crippen LogP) is 3.51. The molecule has 1 heterocycles. The van der Waals surface area contributed by atoms with Crippen molar-refractivity contribution < 1.29 is 23.7 Å². The zero-order valence-corrected chi connectivity index (χ0v) is 18.6. The molecule has 0 aliphatic rings. The summed E-state index contributed by atoms with van der Waals surface area (Å²) < 4.78 is 23.1. The number of para-hydroxylation sites is 1. The van der Waals surface area contributed by atoms with Crippen molar-refractivity contribution in [1.29, 1.82) is 5.26 Å². The van der Waals surface area contributed by atoms with E-state index < -0.39 is 0 Å². The third-order valence-electron chi connectivity index (χ3n) is 4.68. The molecule has 1 aromatic heterocycles. The summed E-state index contributed by atoms with van der Waals surface area (Å²) >= 11 is 0. The number of nitriles is 1. The molecule has 0 spiro atoms. The lowest BCUT2D eigenvalue weighted by Gasteiger charge is -2.14. The first kappa shape index (κ1) is 23.2. The molecular weight excluding hydrogens is 424 g/mol. The van der Waals surface area contributed by atoms with Gasteiger partial charge in [0.15, 0.2) is 29.6 Å². The lowest BCUT2D eigenvalue weighted by Crippen LogP contribution is -2.14. The molecule has 1 N–H and O–H groups in total. The fourth-order valence-corrected chi connectivity index (χ4v) is 3.16. The molecule has 0 unspecified atom stereocenters. The number of carbonyl (C=O) groups is 1. The number of ether oxygens (including phenoxy) is 4. The summed E-state index contributed by atoms with van der Waals surface area (Å²) in [5, 5.41) is 15.8. The Morgan fingerprint density at radius 3 is 2.64 bits per heavy atom. The average Bonchev–Trinajstić information content (AvgIpc) is 3.27. The van der Waals surface area contributed by atoms with Crippen molar-refractivity contribution in [3.8, 4) is 29.1 Å². The third-order valence-corrected chi connectivity index (χ3v) is 4.68. The summed E-state index contributed by atoms with van der Waals surface area (Å²) in [7, 11) is 4.67. The fourth-order valence-electron chi connectivity index (χ4n) is 3.16. The zero-order valence-electron chi connectivity index (χ0n) is 18.6. The Bertz CT molecular complexity index is 1180. The number of nitrogens with one attached hydrogen (secondary N) is 1. The molecule has 3 aromatic rings. The average molecular weight is 448 g/mol. The molecule has 0 saturated heterocycles. The van der Waals surface area contributed by atoms with Crippen molar-refractivity contribution in [2.24, 2.45) is 0 Å². The second-order valence-corrected chi connectivity index (χ2v) is 6.71. The summed E-state index contributed by atoms with van der Waals surface area (Å²) in [5.41, 5.74) is 1.60. The number of aromatic nitrogens is 2. The van der Waals surface area contributed by atoms with Crippen LogP contribution in [0.3, 0.4) is 0 Å². The van der Waals surface area contributed by atoms with E-state index in [2.05, 4.69) is 10.4 Å². The number of hydrogen-bond donors (Lipinski definition) is 1. The minimum atomic E-state index is -0.321. The van der Waals surface area contributed by atoms with Crippen LogP contribution in [0.15, 0.2) is 54.7 Å². The number of benzene rings is 2. The predicted molar refractivity (Wildman–Crippen MR) is 123 cm³/mol. The molecule has 9 heteroatoms. The van der Waals surface area contributed by atoms with Gasteiger partial charge in [-0.25, -0.2) is 4.68 Å². The molecule has 0 atom stereocenters. The highest BCUT2D eigenvalue weighted by atomic mass is 16.5. The van der Waals surface area contributed by atoms with Gasteiger partial charge in [0.25, 0.3) is 0 Å². The van der Waals surface area contributed by atoms with Gasteiger partial charge in [0.05, 0.1) is 34.1 Å². The Hall–Kier alpha value is -4.45. The van der Waals surface area contributed by atoms with Crippen LogP contribution >= 0.6 is 0 Å². The van der Waals surface area contributed by atoms with E-state index in [9.17, 15) is 4.79 Å². The van der Waals surface area contributed by atoms with Gasteiger partial charge >= 0.3 is 0 Å². The van der Waals surface area contributed by atoms with Gasteiger partial charge in [-0.1, -0.05) is 18.2 Å². The summed E-state index contributed by atoms with van der Waals surface area (Å²) in [6.45, 7) is 0.303. The van der Waals surface area contributed by atoms with E-state index >= 15 is 0 Å². The molecule has 9 nitrogen and oxygen atoms in total. The monoisotopic (exact) mass is 448 g/mol. The van der Waals surface area contributed by atoms with Gasteiger partial charge in [-0.05, 0) is 29.8 Å². The van der Waals surface area contributed by atoms with Crippen LogP contribution in [-0.4, -0.2) is 43.6 Å². The Morgan fingerprint density at radius 1 is 1.09 bits per heavy atom. The minimum Gasteiger partial charge on any atom is -0.493 e. The highest BCUT2D eigenvalue weighted by Crippen LogP contribution is 2.31. The van der Waals surface area contributed by atoms with Crippen LogP contribution in [0.25, 0.3) is 6.08 Å². The summed E-state index contributed by atoms with van der Waals surface area (Å²) in [4.78, 5) is 12.5. The van der Waals surface area contributed by atoms with Crippen molar-refractivity contribution in [1.82, 2.24) is 9.78 Å². The highest BCUT2D eigenvalue weighted by Gasteiger charge is 2.13. The van der Waals surface area contributed by atoms with E-state index in [0.29, 0.717) is 35.4 Å². The number of carbonyl (C=O) groups excluding carboxylic acids is 1. The van der Waals surface area contributed by atoms with Gasteiger partial charge in [-0.3, -0.25) is 4.79 Å². The van der Waals surface area contributed by atoms with Crippen LogP contribution in [-0.2, 0) is 11.3 Å². The van der Waals surface area contributed by atoms with Gasteiger partial charge in [0.1, 0.15) is 11.9 Å². The second kappa shape index (κ2) is 11.2. The van der Waals surface area contributed by atoms with Crippen molar-refractivity contribution >= 4 is 17.8 Å². The van der Waals surface area contributed by atoms with Gasteiger partial charge in [0, 0.05) is 17.7 Å². The maximum Gasteiger partial charge on any atom is 0.249 e. The van der Waals surface area contributed by atoms with Gasteiger partial charge in [0.2, 0.25) is 5.91 Å². The normalized spacial score (nSPS) is 10.5. The Balaban J connectivity index is 1.70. The lowest BCUT2D eigenvalue weighted by atomic mass is 10.2. The SMILES string of the molecule is COc1cc(C=CC(=O)Nc2ccnn2Cc2cccc(OC)c2OC)ccc1OCC#N. The number of anilines is 1. The molecule has 0 fully saturated rings. The zero-order chi connectivity index (χ0) is 23.6. The number of rotatable bonds is 10. The third kappa shape index (κ3) is 5.83. The van der Waals surface area contributed by atoms with Crippen LogP contribution in [0, 0.1) is 11.3 Å². The van der Waals surface area contributed by atoms with Gasteiger partial charge < -0.3 is 24.3 Å². The molecule has 0 aliphatic heterocycles. The molecule has 0 radical (unpaired) electrons. The highest BCUT2D eigenvalue weighted by molar-refractivity contribution is 6.01. The van der Waals surface area contributed by atoms with Crippen LogP contribution < -0.4 is 24.3 Å². The first-order chi connectivity index (χ1) is 16.1. The molecule has 0 aliphatic carbocycles. The van der Waals surface area contributed by atoms with E-state index in [1.165, 1.54) is 13.2 Å². The van der Waals surface area contributed by atoms with E-state index in [4.69, 9.17) is 24.2 Å². The maximum absolute atomic E-state index is 12.5. The first-order valence-corrected chi connectivity index (χ1v) is 9.98. The van der Waals surface area contributed by atoms with Crippen molar-refractivity contribution in [2.45, 2.75) is 6.54 Å². The van der Waals surface area contributed by atoms with Crippen LogP contribution in [0.2, 0.25) is 0 Å². The molecular formula is C24H24N4O5. The second-order valence-electron chi connectivity index (χ2n) is 6.71. The summed E-state index contributed by atoms with van der Waals surface area (Å²) in [5.74, 6) is 2.38. The smallest absolute Gasteiger partial charge is 0.249 e. The molecule has 1 amide bonds. The summed E-state index contributed by atoms with van der Waals surface area (Å²) in [6, 6.07) is 14.4. The topological polar surface area (TPSA) is 108 Å². The quantitative estimate of drug-likeness (QED) is 0.473. The van der Waals surface area contributed by atoms with Gasteiger partial charge in [-0.2, -0.15) is 10.4 Å². The van der Waals surface area contributed by atoms with E-state index in [1.807, 2.05) is 24.3 Å². The number of nitrogens with zero attached hydrogens (tertiary/aromatic N) is 3. The van der Waals surface area contributed by atoms with Crippen molar-refractivity contribution in [3.63, 3.8) is 0 Å². The molecule has 0 bridgehead atoms. The van der Waals surface area contributed by atoms with E-state index in [1.54, 1.807) is 55.4 Å². The number of methoxy groups -OCH3 is 3. The van der Waals surface area contributed by atoms with Crippen LogP contribution in [0.5, 0.6) is 23.0 Å². The number of amides is 1. The van der Waals surface area contributed by atoms with Crippen molar-refractivity contribution in [2.75, 3.05) is 33.3 Å². The standard InChI is InChI=1S/C24H24N4O5/c1-30-20-6-4-5-18(24(20)32-3)16-28-22(11-13-26-28)27-23(29)10-8-17-7-9-19(33-14-12-25)21(15-17)31-2/h4-11,13,15H,14,16H2,1-3H3,(H,27,29). The fraction of sp³-hybridized carbons (Fsp3) is 0.208. The van der Waals surface area contributed by atoms with Crippen molar-refractivity contribution in [3.05, 3.63) is 65.9 Å². The van der Waals surface area contributed by atoms with E-state index in [-0.39, 0.29) is 12.5 Å². The van der Waals surface area contributed by atoms with Gasteiger partial charge in [-0.15, -0.1) is 0 Å². The molecule has 2 aromatic carbocycles. The largest absolute Gasteiger partial charge is 0.493 e. The summed E-state index contributed by atoms with van der Waals surface area (Å²) in [6.07, 6.45) is 4.67. The van der Waals surface area contributed by atoms with E-state index in [0.717, 1.165) is 11.1 Å².